The van der Waals surface area contributed by atoms with Crippen LogP contribution in [0.3, 0.4) is 0 Å². The summed E-state index contributed by atoms with van der Waals surface area (Å²) in [6.07, 6.45) is 6.64. The van der Waals surface area contributed by atoms with E-state index in [9.17, 15) is 13.7 Å². The number of allylic oxidation sites excluding steroid dienone is 3. The monoisotopic (exact) mass is 398 g/mol. The fraction of sp³-hybridized carbons (Fsp3) is 0.350. The summed E-state index contributed by atoms with van der Waals surface area (Å²) in [5.74, 6) is 0. The molecule has 1 aromatic heterocycles. The van der Waals surface area contributed by atoms with Crippen LogP contribution in [-0.4, -0.2) is 44.6 Å². The zero-order chi connectivity index (χ0) is 19.7. The van der Waals surface area contributed by atoms with Crippen LogP contribution in [-0.2, 0) is 14.8 Å². The van der Waals surface area contributed by atoms with Gasteiger partial charge in [0, 0.05) is 30.4 Å². The van der Waals surface area contributed by atoms with Gasteiger partial charge in [-0.3, -0.25) is 4.72 Å². The lowest BCUT2D eigenvalue weighted by Crippen LogP contribution is -2.36. The third kappa shape index (κ3) is 3.39. The van der Waals surface area contributed by atoms with E-state index in [1.165, 1.54) is 0 Å². The number of sulfonamides is 1. The third-order valence-corrected chi connectivity index (χ3v) is 6.58. The highest BCUT2D eigenvalue weighted by atomic mass is 32.2. The predicted molar refractivity (Wildman–Crippen MR) is 108 cm³/mol. The van der Waals surface area contributed by atoms with Gasteiger partial charge in [-0.05, 0) is 37.5 Å². The molecule has 0 atom stereocenters. The Labute approximate surface area is 164 Å². The van der Waals surface area contributed by atoms with Gasteiger partial charge in [-0.2, -0.15) is 5.26 Å². The number of rotatable bonds is 4. The molecule has 28 heavy (non-hydrogen) atoms. The Hall–Kier alpha value is -2.76. The minimum Gasteiger partial charge on any atom is -0.378 e. The van der Waals surface area contributed by atoms with Crippen molar-refractivity contribution in [3.8, 4) is 6.07 Å². The summed E-state index contributed by atoms with van der Waals surface area (Å²) in [6, 6.07) is 5.68. The van der Waals surface area contributed by atoms with Gasteiger partial charge in [0.25, 0.3) is 10.0 Å². The van der Waals surface area contributed by atoms with Gasteiger partial charge in [0.2, 0.25) is 0 Å². The van der Waals surface area contributed by atoms with Crippen LogP contribution in [0.2, 0.25) is 0 Å². The average Bonchev–Trinajstić information content (AvgIpc) is 3.16. The average molecular weight is 398 g/mol. The van der Waals surface area contributed by atoms with Crippen molar-refractivity contribution in [2.24, 2.45) is 0 Å². The molecule has 4 rings (SSSR count). The maximum atomic E-state index is 13.0. The molecule has 2 heterocycles. The number of aromatic nitrogens is 1. The molecule has 0 bridgehead atoms. The number of nitriles is 1. The summed E-state index contributed by atoms with van der Waals surface area (Å²) in [6.45, 7) is 4.79. The summed E-state index contributed by atoms with van der Waals surface area (Å²) in [4.78, 5) is 5.50. The molecule has 2 N–H and O–H groups in total. The Bertz CT molecular complexity index is 1120. The molecule has 0 spiro atoms. The Kier molecular flexibility index (Phi) is 4.87. The molecule has 2 aliphatic rings. The van der Waals surface area contributed by atoms with Crippen LogP contribution in [0.5, 0.6) is 0 Å². The number of morpholine rings is 1. The zero-order valence-corrected chi connectivity index (χ0v) is 16.5. The number of aryl methyl sites for hydroxylation is 1. The van der Waals surface area contributed by atoms with E-state index in [0.717, 1.165) is 36.2 Å². The second-order valence-corrected chi connectivity index (χ2v) is 8.66. The van der Waals surface area contributed by atoms with Gasteiger partial charge in [0.05, 0.1) is 34.9 Å². The van der Waals surface area contributed by atoms with Crippen molar-refractivity contribution in [3.05, 3.63) is 52.2 Å². The molecule has 2 aromatic rings. The molecule has 1 aromatic carbocycles. The number of H-pyrrole nitrogens is 1. The molecule has 7 nitrogen and oxygen atoms in total. The van der Waals surface area contributed by atoms with Crippen molar-refractivity contribution in [2.75, 3.05) is 31.0 Å². The third-order valence-electron chi connectivity index (χ3n) is 5.19. The van der Waals surface area contributed by atoms with E-state index in [0.29, 0.717) is 36.4 Å². The van der Waals surface area contributed by atoms with Crippen molar-refractivity contribution in [2.45, 2.75) is 19.8 Å². The highest BCUT2D eigenvalue weighted by molar-refractivity contribution is 7.96. The fourth-order valence-electron chi connectivity index (χ4n) is 3.74. The van der Waals surface area contributed by atoms with E-state index in [1.807, 2.05) is 13.0 Å². The quantitative estimate of drug-likeness (QED) is 0.825. The van der Waals surface area contributed by atoms with Crippen LogP contribution in [0.15, 0.2) is 41.1 Å². The number of hydrogen-bond acceptors (Lipinski definition) is 5. The minimum absolute atomic E-state index is 0.279. The molecule has 1 aliphatic carbocycles. The van der Waals surface area contributed by atoms with Crippen LogP contribution >= 0.6 is 0 Å². The summed E-state index contributed by atoms with van der Waals surface area (Å²) >= 11 is 0. The molecular formula is C20H22N4O3S. The van der Waals surface area contributed by atoms with Gasteiger partial charge in [-0.25, -0.2) is 8.42 Å². The zero-order valence-electron chi connectivity index (χ0n) is 15.7. The van der Waals surface area contributed by atoms with Gasteiger partial charge in [-0.1, -0.05) is 12.1 Å². The van der Waals surface area contributed by atoms with Crippen LogP contribution in [0.4, 0.5) is 5.69 Å². The summed E-state index contributed by atoms with van der Waals surface area (Å²) in [7, 11) is -3.74. The first-order chi connectivity index (χ1) is 13.5. The lowest BCUT2D eigenvalue weighted by atomic mass is 10.1. The summed E-state index contributed by atoms with van der Waals surface area (Å²) in [5.41, 5.74) is 3.51. The SMILES string of the molecule is Cc1ccc(NS(=O)(=O)C2=CCCC(N3CCOCC3)=C2)c2[nH]cc(C#N)c12. The van der Waals surface area contributed by atoms with Gasteiger partial charge >= 0.3 is 0 Å². The first-order valence-electron chi connectivity index (χ1n) is 9.26. The number of benzene rings is 1. The predicted octanol–water partition coefficient (Wildman–Crippen LogP) is 2.98. The summed E-state index contributed by atoms with van der Waals surface area (Å²) in [5, 5.41) is 10.0. The number of ether oxygens (including phenoxy) is 1. The fourth-order valence-corrected chi connectivity index (χ4v) is 4.95. The van der Waals surface area contributed by atoms with E-state index >= 15 is 0 Å². The smallest absolute Gasteiger partial charge is 0.261 e. The number of nitrogens with zero attached hydrogens (tertiary/aromatic N) is 2. The second kappa shape index (κ2) is 7.34. The van der Waals surface area contributed by atoms with Crippen LogP contribution < -0.4 is 4.72 Å². The van der Waals surface area contributed by atoms with Crippen molar-refractivity contribution in [1.82, 2.24) is 9.88 Å². The number of aromatic amines is 1. The van der Waals surface area contributed by atoms with E-state index in [-0.39, 0.29) is 4.91 Å². The number of hydrogen-bond donors (Lipinski definition) is 2. The van der Waals surface area contributed by atoms with Gasteiger partial charge in [0.1, 0.15) is 6.07 Å². The Morgan fingerprint density at radius 3 is 2.82 bits per heavy atom. The molecule has 0 saturated carbocycles. The van der Waals surface area contributed by atoms with E-state index in [2.05, 4.69) is 20.7 Å². The maximum absolute atomic E-state index is 13.0. The first-order valence-corrected chi connectivity index (χ1v) is 10.7. The molecular weight excluding hydrogens is 376 g/mol. The topological polar surface area (TPSA) is 98.2 Å². The van der Waals surface area contributed by atoms with Gasteiger partial charge in [0.15, 0.2) is 0 Å². The molecule has 1 saturated heterocycles. The molecule has 8 heteroatoms. The number of fused-ring (bicyclic) bond motifs is 1. The van der Waals surface area contributed by atoms with Crippen molar-refractivity contribution < 1.29 is 13.2 Å². The van der Waals surface area contributed by atoms with E-state index in [4.69, 9.17) is 4.74 Å². The normalized spacial score (nSPS) is 17.8. The maximum Gasteiger partial charge on any atom is 0.261 e. The highest BCUT2D eigenvalue weighted by Gasteiger charge is 2.23. The van der Waals surface area contributed by atoms with Crippen molar-refractivity contribution in [3.63, 3.8) is 0 Å². The highest BCUT2D eigenvalue weighted by Crippen LogP contribution is 2.31. The van der Waals surface area contributed by atoms with Crippen LogP contribution in [0.1, 0.15) is 24.0 Å². The molecule has 0 unspecified atom stereocenters. The largest absolute Gasteiger partial charge is 0.378 e. The van der Waals surface area contributed by atoms with Gasteiger partial charge < -0.3 is 14.6 Å². The molecule has 0 amide bonds. The lowest BCUT2D eigenvalue weighted by molar-refractivity contribution is 0.0520. The molecule has 1 fully saturated rings. The number of nitrogens with one attached hydrogen (secondary N) is 2. The van der Waals surface area contributed by atoms with Crippen LogP contribution in [0, 0.1) is 18.3 Å². The van der Waals surface area contributed by atoms with Gasteiger partial charge in [-0.15, -0.1) is 0 Å². The molecule has 146 valence electrons. The number of anilines is 1. The minimum atomic E-state index is -3.74. The first kappa shape index (κ1) is 18.6. The Morgan fingerprint density at radius 1 is 1.29 bits per heavy atom. The second-order valence-electron chi connectivity index (χ2n) is 6.98. The summed E-state index contributed by atoms with van der Waals surface area (Å²) < 4.78 is 34.2. The Balaban J connectivity index is 1.65. The van der Waals surface area contributed by atoms with E-state index in [1.54, 1.807) is 24.4 Å². The Morgan fingerprint density at radius 2 is 2.07 bits per heavy atom. The molecule has 1 aliphatic heterocycles. The lowest BCUT2D eigenvalue weighted by Gasteiger charge is -2.32. The van der Waals surface area contributed by atoms with Crippen molar-refractivity contribution >= 4 is 26.6 Å². The van der Waals surface area contributed by atoms with Crippen molar-refractivity contribution in [1.29, 1.82) is 5.26 Å². The van der Waals surface area contributed by atoms with Crippen LogP contribution in [0.25, 0.3) is 10.9 Å². The van der Waals surface area contributed by atoms with E-state index < -0.39 is 10.0 Å². The standard InChI is InChI=1S/C20H22N4O3S/c1-14-5-6-18(20-19(14)15(12-21)13-22-20)23-28(25,26)17-4-2-3-16(11-17)24-7-9-27-10-8-24/h4-6,11,13,22-23H,2-3,7-10H2,1H3. The molecule has 0 radical (unpaired) electrons.